The van der Waals surface area contributed by atoms with Gasteiger partial charge < -0.3 is 4.74 Å². The minimum absolute atomic E-state index is 0.0331. The molecule has 0 spiro atoms. The number of hydrogen-bond donors (Lipinski definition) is 1. The summed E-state index contributed by atoms with van der Waals surface area (Å²) in [6.07, 6.45) is 1.82. The summed E-state index contributed by atoms with van der Waals surface area (Å²) >= 11 is 1.39. The maximum absolute atomic E-state index is 11.8. The molecule has 0 aliphatic heterocycles. The van der Waals surface area contributed by atoms with Crippen LogP contribution in [0.15, 0.2) is 23.1 Å². The normalized spacial score (nSPS) is 10.2. The highest BCUT2D eigenvalue weighted by molar-refractivity contribution is 7.98. The number of rotatable bonds is 7. The fourth-order valence-electron chi connectivity index (χ4n) is 1.28. The van der Waals surface area contributed by atoms with Crippen LogP contribution in [0.3, 0.4) is 0 Å². The van der Waals surface area contributed by atoms with E-state index < -0.39 is 10.8 Å². The number of thioether (sulfide) groups is 1. The highest BCUT2D eigenvalue weighted by atomic mass is 32.2. The van der Waals surface area contributed by atoms with Crippen molar-refractivity contribution in [1.82, 2.24) is 5.48 Å². The molecular weight excluding hydrogens is 272 g/mol. The van der Waals surface area contributed by atoms with E-state index in [-0.39, 0.29) is 17.9 Å². The molecule has 0 aromatic heterocycles. The van der Waals surface area contributed by atoms with Gasteiger partial charge in [-0.2, -0.15) is 0 Å². The molecule has 0 unspecified atom stereocenters. The average molecular weight is 286 g/mol. The first kappa shape index (κ1) is 15.4. The largest absolute Gasteiger partial charge is 0.382 e. The van der Waals surface area contributed by atoms with Crippen molar-refractivity contribution in [1.29, 1.82) is 0 Å². The van der Waals surface area contributed by atoms with Crippen LogP contribution in [0.2, 0.25) is 0 Å². The fourth-order valence-corrected chi connectivity index (χ4v) is 1.72. The van der Waals surface area contributed by atoms with Gasteiger partial charge in [-0.25, -0.2) is 5.48 Å². The standard InChI is InChI=1S/C11H14N2O5S/c1-17-5-6-18-12-11(14)9-7-8(19-2)3-4-10(9)13(15)16/h3-4,7H,5-6H2,1-2H3,(H,12,14). The van der Waals surface area contributed by atoms with Gasteiger partial charge in [0.05, 0.1) is 18.1 Å². The predicted octanol–water partition coefficient (Wildman–Crippen LogP) is 1.62. The summed E-state index contributed by atoms with van der Waals surface area (Å²) in [5, 5.41) is 10.9. The quantitative estimate of drug-likeness (QED) is 0.354. The molecule has 1 aromatic carbocycles. The Kier molecular flexibility index (Phi) is 6.26. The molecular formula is C11H14N2O5S. The molecule has 1 rings (SSSR count). The van der Waals surface area contributed by atoms with E-state index in [0.29, 0.717) is 6.61 Å². The number of benzene rings is 1. The highest BCUT2D eigenvalue weighted by Gasteiger charge is 2.20. The Morgan fingerprint density at radius 2 is 2.21 bits per heavy atom. The van der Waals surface area contributed by atoms with Crippen LogP contribution in [0.5, 0.6) is 0 Å². The predicted molar refractivity (Wildman–Crippen MR) is 70.2 cm³/mol. The number of hydroxylamine groups is 1. The Bertz CT molecular complexity index is 466. The molecule has 0 saturated heterocycles. The SMILES string of the molecule is COCCONC(=O)c1cc(SC)ccc1[N+](=O)[O-]. The first-order valence-electron chi connectivity index (χ1n) is 5.33. The lowest BCUT2D eigenvalue weighted by atomic mass is 10.2. The first-order chi connectivity index (χ1) is 9.10. The van der Waals surface area contributed by atoms with Crippen molar-refractivity contribution in [2.24, 2.45) is 0 Å². The van der Waals surface area contributed by atoms with Gasteiger partial charge in [-0.15, -0.1) is 11.8 Å². The summed E-state index contributed by atoms with van der Waals surface area (Å²) in [4.78, 5) is 27.7. The highest BCUT2D eigenvalue weighted by Crippen LogP contribution is 2.24. The lowest BCUT2D eigenvalue weighted by Gasteiger charge is -2.07. The molecule has 19 heavy (non-hydrogen) atoms. The Balaban J connectivity index is 2.83. The van der Waals surface area contributed by atoms with Crippen LogP contribution >= 0.6 is 11.8 Å². The number of nitrogens with one attached hydrogen (secondary N) is 1. The second-order valence-corrected chi connectivity index (χ2v) is 4.29. The molecule has 104 valence electrons. The minimum Gasteiger partial charge on any atom is -0.382 e. The lowest BCUT2D eigenvalue weighted by Crippen LogP contribution is -2.26. The van der Waals surface area contributed by atoms with E-state index in [1.165, 1.54) is 31.0 Å². The van der Waals surface area contributed by atoms with Gasteiger partial charge >= 0.3 is 0 Å². The van der Waals surface area contributed by atoms with Gasteiger partial charge in [0, 0.05) is 18.1 Å². The van der Waals surface area contributed by atoms with Crippen molar-refractivity contribution < 1.29 is 19.3 Å². The summed E-state index contributed by atoms with van der Waals surface area (Å²) in [6.45, 7) is 0.478. The van der Waals surface area contributed by atoms with Crippen LogP contribution in [0.1, 0.15) is 10.4 Å². The molecule has 0 aliphatic carbocycles. The molecule has 0 atom stereocenters. The van der Waals surface area contributed by atoms with Gasteiger partial charge in [0.25, 0.3) is 11.6 Å². The van der Waals surface area contributed by atoms with E-state index in [1.807, 2.05) is 6.26 Å². The van der Waals surface area contributed by atoms with Gasteiger partial charge in [0.2, 0.25) is 0 Å². The van der Waals surface area contributed by atoms with Crippen LogP contribution in [-0.4, -0.2) is 37.4 Å². The smallest absolute Gasteiger partial charge is 0.282 e. The van der Waals surface area contributed by atoms with Crippen molar-refractivity contribution in [3.8, 4) is 0 Å². The number of carbonyl (C=O) groups is 1. The fraction of sp³-hybridized carbons (Fsp3) is 0.364. The number of carbonyl (C=O) groups excluding carboxylic acids is 1. The van der Waals surface area contributed by atoms with Crippen LogP contribution in [0.25, 0.3) is 0 Å². The third-order valence-electron chi connectivity index (χ3n) is 2.20. The molecule has 0 radical (unpaired) electrons. The Morgan fingerprint density at radius 1 is 1.47 bits per heavy atom. The van der Waals surface area contributed by atoms with E-state index in [1.54, 1.807) is 6.07 Å². The van der Waals surface area contributed by atoms with Crippen LogP contribution in [0, 0.1) is 10.1 Å². The second-order valence-electron chi connectivity index (χ2n) is 3.41. The zero-order chi connectivity index (χ0) is 14.3. The number of nitro benzene ring substituents is 1. The number of amides is 1. The van der Waals surface area contributed by atoms with Crippen LogP contribution < -0.4 is 5.48 Å². The van der Waals surface area contributed by atoms with Gasteiger partial charge in [0.15, 0.2) is 0 Å². The molecule has 1 N–H and O–H groups in total. The van der Waals surface area contributed by atoms with Crippen LogP contribution in [-0.2, 0) is 9.57 Å². The van der Waals surface area contributed by atoms with Crippen molar-refractivity contribution in [3.05, 3.63) is 33.9 Å². The number of hydrogen-bond acceptors (Lipinski definition) is 6. The van der Waals surface area contributed by atoms with Gasteiger partial charge in [-0.1, -0.05) is 0 Å². The van der Waals surface area contributed by atoms with E-state index in [4.69, 9.17) is 9.57 Å². The number of ether oxygens (including phenoxy) is 1. The molecule has 0 heterocycles. The maximum atomic E-state index is 11.8. The number of nitro groups is 1. The molecule has 8 heteroatoms. The third kappa shape index (κ3) is 4.51. The Labute approximate surface area is 114 Å². The molecule has 0 saturated carbocycles. The van der Waals surface area contributed by atoms with Crippen molar-refractivity contribution in [3.63, 3.8) is 0 Å². The van der Waals surface area contributed by atoms with Crippen LogP contribution in [0.4, 0.5) is 5.69 Å². The molecule has 1 amide bonds. The molecule has 1 aromatic rings. The average Bonchev–Trinajstić information content (AvgIpc) is 2.42. The summed E-state index contributed by atoms with van der Waals surface area (Å²) in [5.41, 5.74) is 1.86. The molecule has 0 aliphatic rings. The summed E-state index contributed by atoms with van der Waals surface area (Å²) in [7, 11) is 1.50. The van der Waals surface area contributed by atoms with Crippen molar-refractivity contribution in [2.45, 2.75) is 4.90 Å². The number of methoxy groups -OCH3 is 1. The summed E-state index contributed by atoms with van der Waals surface area (Å²) in [5.74, 6) is -0.654. The zero-order valence-corrected chi connectivity index (χ0v) is 11.4. The summed E-state index contributed by atoms with van der Waals surface area (Å²) < 4.78 is 4.74. The Hall–Kier alpha value is -1.64. The molecule has 0 fully saturated rings. The topological polar surface area (TPSA) is 90.7 Å². The van der Waals surface area contributed by atoms with E-state index in [2.05, 4.69) is 5.48 Å². The van der Waals surface area contributed by atoms with Gasteiger partial charge in [0.1, 0.15) is 5.56 Å². The second kappa shape index (κ2) is 7.72. The maximum Gasteiger partial charge on any atom is 0.282 e. The first-order valence-corrected chi connectivity index (χ1v) is 6.56. The monoisotopic (exact) mass is 286 g/mol. The number of nitrogens with zero attached hydrogens (tertiary/aromatic N) is 1. The zero-order valence-electron chi connectivity index (χ0n) is 10.5. The lowest BCUT2D eigenvalue weighted by molar-refractivity contribution is -0.385. The van der Waals surface area contributed by atoms with Gasteiger partial charge in [-0.05, 0) is 18.4 Å². The van der Waals surface area contributed by atoms with E-state index >= 15 is 0 Å². The van der Waals surface area contributed by atoms with Crippen molar-refractivity contribution in [2.75, 3.05) is 26.6 Å². The van der Waals surface area contributed by atoms with E-state index in [9.17, 15) is 14.9 Å². The molecule has 7 nitrogen and oxygen atoms in total. The summed E-state index contributed by atoms with van der Waals surface area (Å²) in [6, 6.07) is 4.35. The van der Waals surface area contributed by atoms with E-state index in [0.717, 1.165) is 4.90 Å². The molecule has 0 bridgehead atoms. The third-order valence-corrected chi connectivity index (χ3v) is 2.92. The van der Waals surface area contributed by atoms with Crippen molar-refractivity contribution >= 4 is 23.4 Å². The Morgan fingerprint density at radius 3 is 2.79 bits per heavy atom. The van der Waals surface area contributed by atoms with Gasteiger partial charge in [-0.3, -0.25) is 19.7 Å². The minimum atomic E-state index is -0.654.